The van der Waals surface area contributed by atoms with Crippen LogP contribution in [-0.4, -0.2) is 23.0 Å². The van der Waals surface area contributed by atoms with Gasteiger partial charge < -0.3 is 10.4 Å². The minimum atomic E-state index is -0.991. The maximum atomic E-state index is 11.8. The van der Waals surface area contributed by atoms with E-state index >= 15 is 0 Å². The van der Waals surface area contributed by atoms with Crippen molar-refractivity contribution in [3.8, 4) is 6.07 Å². The Morgan fingerprint density at radius 2 is 1.89 bits per heavy atom. The summed E-state index contributed by atoms with van der Waals surface area (Å²) in [7, 11) is 0. The lowest BCUT2D eigenvalue weighted by molar-refractivity contribution is -0.152. The molecule has 0 aromatic heterocycles. The molecule has 0 radical (unpaired) electrons. The van der Waals surface area contributed by atoms with Gasteiger partial charge in [0.25, 0.3) is 0 Å². The highest BCUT2D eigenvalue weighted by molar-refractivity contribution is 5.85. The molecule has 0 aliphatic heterocycles. The largest absolute Gasteiger partial charge is 0.481 e. The monoisotopic (exact) mass is 254 g/mol. The van der Waals surface area contributed by atoms with Gasteiger partial charge in [0.1, 0.15) is 0 Å². The SMILES string of the molecule is CCC(CC#N)NC(=O)CC(CC)(CC)C(=O)O. The number of carboxylic acids is 1. The molecule has 1 unspecified atom stereocenters. The average Bonchev–Trinajstić information content (AvgIpc) is 2.35. The van der Waals surface area contributed by atoms with Crippen molar-refractivity contribution in [1.82, 2.24) is 5.32 Å². The minimum Gasteiger partial charge on any atom is -0.481 e. The Bertz CT molecular complexity index is 330. The summed E-state index contributed by atoms with van der Waals surface area (Å²) in [6.07, 6.45) is 1.72. The molecule has 1 amide bonds. The number of hydrogen-bond acceptors (Lipinski definition) is 3. The van der Waals surface area contributed by atoms with E-state index in [1.165, 1.54) is 0 Å². The molecule has 0 saturated carbocycles. The molecule has 5 heteroatoms. The Morgan fingerprint density at radius 3 is 2.22 bits per heavy atom. The standard InChI is InChI=1S/C13H22N2O3/c1-4-10(7-8-14)15-11(16)9-13(5-2,6-3)12(17)18/h10H,4-7,9H2,1-3H3,(H,15,16)(H,17,18). The second kappa shape index (κ2) is 7.70. The van der Waals surface area contributed by atoms with E-state index < -0.39 is 11.4 Å². The Kier molecular flexibility index (Phi) is 7.03. The molecule has 0 rings (SSSR count). The van der Waals surface area contributed by atoms with Crippen LogP contribution in [-0.2, 0) is 9.59 Å². The molecule has 1 atom stereocenters. The molecule has 0 aliphatic carbocycles. The summed E-state index contributed by atoms with van der Waals surface area (Å²) in [5, 5.41) is 20.6. The van der Waals surface area contributed by atoms with E-state index in [9.17, 15) is 14.7 Å². The number of carbonyl (C=O) groups is 2. The van der Waals surface area contributed by atoms with E-state index in [1.807, 2.05) is 13.0 Å². The Labute approximate surface area is 108 Å². The molecule has 0 fully saturated rings. The number of nitrogens with one attached hydrogen (secondary N) is 1. The van der Waals surface area contributed by atoms with Crippen molar-refractivity contribution in [2.45, 2.75) is 58.9 Å². The second-order valence-corrected chi connectivity index (χ2v) is 4.50. The topological polar surface area (TPSA) is 90.2 Å². The van der Waals surface area contributed by atoms with E-state index in [0.29, 0.717) is 19.3 Å². The first-order valence-electron chi connectivity index (χ1n) is 6.35. The van der Waals surface area contributed by atoms with Gasteiger partial charge in [-0.1, -0.05) is 20.8 Å². The lowest BCUT2D eigenvalue weighted by Crippen LogP contribution is -2.40. The Hall–Kier alpha value is -1.57. The molecule has 2 N–H and O–H groups in total. The van der Waals surface area contributed by atoms with Crippen LogP contribution in [0.3, 0.4) is 0 Å². The third-order valence-corrected chi connectivity index (χ3v) is 3.50. The Morgan fingerprint density at radius 1 is 1.33 bits per heavy atom. The van der Waals surface area contributed by atoms with Crippen LogP contribution in [0.2, 0.25) is 0 Å². The van der Waals surface area contributed by atoms with Crippen molar-refractivity contribution < 1.29 is 14.7 Å². The number of rotatable bonds is 8. The van der Waals surface area contributed by atoms with Crippen LogP contribution in [0.5, 0.6) is 0 Å². The van der Waals surface area contributed by atoms with Crippen molar-refractivity contribution >= 4 is 11.9 Å². The fourth-order valence-electron chi connectivity index (χ4n) is 1.87. The first-order chi connectivity index (χ1) is 8.45. The number of amides is 1. The van der Waals surface area contributed by atoms with E-state index in [4.69, 9.17) is 5.26 Å². The number of aliphatic carboxylic acids is 1. The fourth-order valence-corrected chi connectivity index (χ4v) is 1.87. The number of nitrogens with zero attached hydrogens (tertiary/aromatic N) is 1. The van der Waals surface area contributed by atoms with Gasteiger partial charge in [0.2, 0.25) is 5.91 Å². The molecule has 0 spiro atoms. The number of carbonyl (C=O) groups excluding carboxylic acids is 1. The third kappa shape index (κ3) is 4.36. The number of carboxylic acid groups (broad SMARTS) is 1. The quantitative estimate of drug-likeness (QED) is 0.693. The summed E-state index contributed by atoms with van der Waals surface area (Å²) in [5.74, 6) is -1.22. The molecule has 0 aliphatic rings. The molecule has 0 aromatic rings. The summed E-state index contributed by atoms with van der Waals surface area (Å²) < 4.78 is 0. The average molecular weight is 254 g/mol. The molecule has 0 saturated heterocycles. The first kappa shape index (κ1) is 16.4. The van der Waals surface area contributed by atoms with Gasteiger partial charge >= 0.3 is 5.97 Å². The van der Waals surface area contributed by atoms with E-state index in [2.05, 4.69) is 5.32 Å². The van der Waals surface area contributed by atoms with Crippen LogP contribution >= 0.6 is 0 Å². The van der Waals surface area contributed by atoms with Crippen molar-refractivity contribution in [2.24, 2.45) is 5.41 Å². The smallest absolute Gasteiger partial charge is 0.310 e. The fraction of sp³-hybridized carbons (Fsp3) is 0.769. The molecule has 5 nitrogen and oxygen atoms in total. The molecule has 18 heavy (non-hydrogen) atoms. The summed E-state index contributed by atoms with van der Waals surface area (Å²) in [5.41, 5.74) is -0.991. The van der Waals surface area contributed by atoms with Gasteiger partial charge in [-0.25, -0.2) is 0 Å². The lowest BCUT2D eigenvalue weighted by atomic mass is 9.79. The number of hydrogen-bond donors (Lipinski definition) is 2. The van der Waals surface area contributed by atoms with E-state index in [1.54, 1.807) is 13.8 Å². The van der Waals surface area contributed by atoms with Crippen molar-refractivity contribution in [3.63, 3.8) is 0 Å². The van der Waals surface area contributed by atoms with Gasteiger partial charge in [0, 0.05) is 12.5 Å². The normalized spacial score (nSPS) is 12.6. The van der Waals surface area contributed by atoms with Crippen molar-refractivity contribution in [1.29, 1.82) is 5.26 Å². The summed E-state index contributed by atoms with van der Waals surface area (Å²) in [6.45, 7) is 5.43. The van der Waals surface area contributed by atoms with Gasteiger partial charge in [0.15, 0.2) is 0 Å². The zero-order valence-electron chi connectivity index (χ0n) is 11.3. The maximum Gasteiger partial charge on any atom is 0.310 e. The second-order valence-electron chi connectivity index (χ2n) is 4.50. The van der Waals surface area contributed by atoms with Crippen LogP contribution < -0.4 is 5.32 Å². The van der Waals surface area contributed by atoms with Gasteiger partial charge in [0.05, 0.1) is 17.9 Å². The van der Waals surface area contributed by atoms with Crippen LogP contribution in [0.25, 0.3) is 0 Å². The van der Waals surface area contributed by atoms with Crippen molar-refractivity contribution in [2.75, 3.05) is 0 Å². The highest BCUT2D eigenvalue weighted by Crippen LogP contribution is 2.30. The number of nitriles is 1. The van der Waals surface area contributed by atoms with Crippen LogP contribution in [0, 0.1) is 16.7 Å². The summed E-state index contributed by atoms with van der Waals surface area (Å²) in [4.78, 5) is 23.1. The molecule has 102 valence electrons. The predicted octanol–water partition coefficient (Wildman–Crippen LogP) is 2.08. The summed E-state index contributed by atoms with van der Waals surface area (Å²) in [6, 6.07) is 1.81. The van der Waals surface area contributed by atoms with Crippen LogP contribution in [0.1, 0.15) is 52.9 Å². The molecule has 0 aromatic carbocycles. The molecular formula is C13H22N2O3. The molecule has 0 heterocycles. The zero-order chi connectivity index (χ0) is 14.2. The minimum absolute atomic E-state index is 0.0305. The Balaban J connectivity index is 4.62. The van der Waals surface area contributed by atoms with Gasteiger partial charge in [-0.3, -0.25) is 9.59 Å². The predicted molar refractivity (Wildman–Crippen MR) is 67.7 cm³/mol. The molecular weight excluding hydrogens is 232 g/mol. The van der Waals surface area contributed by atoms with Crippen molar-refractivity contribution in [3.05, 3.63) is 0 Å². The van der Waals surface area contributed by atoms with Gasteiger partial charge in [-0.15, -0.1) is 0 Å². The maximum absolute atomic E-state index is 11.8. The van der Waals surface area contributed by atoms with Crippen LogP contribution in [0.15, 0.2) is 0 Å². The third-order valence-electron chi connectivity index (χ3n) is 3.50. The highest BCUT2D eigenvalue weighted by atomic mass is 16.4. The summed E-state index contributed by atoms with van der Waals surface area (Å²) >= 11 is 0. The lowest BCUT2D eigenvalue weighted by Gasteiger charge is -2.26. The van der Waals surface area contributed by atoms with Gasteiger partial charge in [-0.2, -0.15) is 5.26 Å². The molecule has 0 bridgehead atoms. The van der Waals surface area contributed by atoms with E-state index in [-0.39, 0.29) is 24.8 Å². The van der Waals surface area contributed by atoms with E-state index in [0.717, 1.165) is 0 Å². The van der Waals surface area contributed by atoms with Crippen LogP contribution in [0.4, 0.5) is 0 Å². The first-order valence-corrected chi connectivity index (χ1v) is 6.35. The zero-order valence-corrected chi connectivity index (χ0v) is 11.3. The highest BCUT2D eigenvalue weighted by Gasteiger charge is 2.37. The van der Waals surface area contributed by atoms with Gasteiger partial charge in [-0.05, 0) is 19.3 Å².